The van der Waals surface area contributed by atoms with Gasteiger partial charge in [0.25, 0.3) is 0 Å². The highest BCUT2D eigenvalue weighted by molar-refractivity contribution is 6.42. The van der Waals surface area contributed by atoms with E-state index in [0.717, 1.165) is 16.3 Å². The average Bonchev–Trinajstić information content (AvgIpc) is 2.86. The molecule has 0 atom stereocenters. The van der Waals surface area contributed by atoms with Crippen molar-refractivity contribution in [3.63, 3.8) is 0 Å². The van der Waals surface area contributed by atoms with E-state index in [1.807, 2.05) is 48.5 Å². The van der Waals surface area contributed by atoms with Crippen LogP contribution in [0, 0.1) is 0 Å². The van der Waals surface area contributed by atoms with Crippen LogP contribution in [0.4, 0.5) is 5.69 Å². The molecule has 182 valence electrons. The molecule has 0 saturated heterocycles. The monoisotopic (exact) mass is 539 g/mol. The molecule has 0 heterocycles. The number of carbonyl (C=O) groups excluding carboxylic acids is 2. The van der Waals surface area contributed by atoms with Gasteiger partial charge in [-0.1, -0.05) is 77.3 Å². The number of benzene rings is 4. The van der Waals surface area contributed by atoms with Crippen LogP contribution < -0.4 is 15.5 Å². The molecule has 0 radical (unpaired) electrons. The third kappa shape index (κ3) is 6.76. The number of nitrogens with zero attached hydrogens (tertiary/aromatic N) is 1. The molecule has 0 aliphatic rings. The van der Waals surface area contributed by atoms with Gasteiger partial charge in [-0.05, 0) is 52.7 Å². The number of carbonyl (C=O) groups is 2. The Morgan fingerprint density at radius 3 is 2.42 bits per heavy atom. The number of ether oxygens (including phenoxy) is 1. The Kier molecular flexibility index (Phi) is 8.44. The maximum absolute atomic E-state index is 12.3. The summed E-state index contributed by atoms with van der Waals surface area (Å²) in [6.45, 7) is 0.331. The molecule has 0 aliphatic carbocycles. The van der Waals surface area contributed by atoms with Crippen LogP contribution in [0.25, 0.3) is 10.8 Å². The first-order valence-corrected chi connectivity index (χ1v) is 12.0. The van der Waals surface area contributed by atoms with Crippen molar-refractivity contribution in [2.24, 2.45) is 5.10 Å². The van der Waals surface area contributed by atoms with E-state index in [2.05, 4.69) is 15.8 Å². The first-order chi connectivity index (χ1) is 17.4. The standard InChI is InChI=1S/C27H20Cl3N3O3/c28-19-8-5-17(6-9-19)16-36-25-12-7-18-3-1-2-4-21(18)22(25)15-31-33-27(35)14-26(34)32-20-10-11-23(29)24(30)13-20/h1-13,15H,14,16H2,(H,32,34)(H,33,35). The minimum Gasteiger partial charge on any atom is -0.488 e. The summed E-state index contributed by atoms with van der Waals surface area (Å²) in [6, 6.07) is 23.6. The zero-order valence-electron chi connectivity index (χ0n) is 18.8. The minimum absolute atomic E-state index is 0.299. The summed E-state index contributed by atoms with van der Waals surface area (Å²) in [5, 5.41) is 9.87. The van der Waals surface area contributed by atoms with E-state index < -0.39 is 18.2 Å². The summed E-state index contributed by atoms with van der Waals surface area (Å²) in [5.41, 5.74) is 4.48. The van der Waals surface area contributed by atoms with Crippen LogP contribution in [0.3, 0.4) is 0 Å². The molecule has 0 aromatic heterocycles. The second kappa shape index (κ2) is 11.9. The van der Waals surface area contributed by atoms with Gasteiger partial charge in [-0.15, -0.1) is 0 Å². The maximum Gasteiger partial charge on any atom is 0.249 e. The number of hydrazone groups is 1. The van der Waals surface area contributed by atoms with Crippen molar-refractivity contribution < 1.29 is 14.3 Å². The number of hydrogen-bond donors (Lipinski definition) is 2. The van der Waals surface area contributed by atoms with Crippen molar-refractivity contribution in [2.75, 3.05) is 5.32 Å². The van der Waals surface area contributed by atoms with E-state index in [9.17, 15) is 9.59 Å². The molecule has 2 N–H and O–H groups in total. The fourth-order valence-corrected chi connectivity index (χ4v) is 3.83. The second-order valence-electron chi connectivity index (χ2n) is 7.76. The Morgan fingerprint density at radius 1 is 0.861 bits per heavy atom. The molecule has 4 rings (SSSR count). The molecule has 0 saturated carbocycles. The van der Waals surface area contributed by atoms with Crippen LogP contribution in [0.15, 0.2) is 84.0 Å². The summed E-state index contributed by atoms with van der Waals surface area (Å²) < 4.78 is 6.05. The highest BCUT2D eigenvalue weighted by Crippen LogP contribution is 2.28. The molecular formula is C27H20Cl3N3O3. The summed E-state index contributed by atoms with van der Waals surface area (Å²) in [5.74, 6) is -0.495. The topological polar surface area (TPSA) is 79.8 Å². The van der Waals surface area contributed by atoms with Gasteiger partial charge in [0.15, 0.2) is 0 Å². The van der Waals surface area contributed by atoms with Gasteiger partial charge in [-0.3, -0.25) is 9.59 Å². The second-order valence-corrected chi connectivity index (χ2v) is 9.01. The number of nitrogens with one attached hydrogen (secondary N) is 2. The Morgan fingerprint density at radius 2 is 1.64 bits per heavy atom. The van der Waals surface area contributed by atoms with E-state index >= 15 is 0 Å². The first-order valence-electron chi connectivity index (χ1n) is 10.8. The lowest BCUT2D eigenvalue weighted by Crippen LogP contribution is -2.24. The van der Waals surface area contributed by atoms with Crippen molar-refractivity contribution in [3.05, 3.63) is 105 Å². The third-order valence-electron chi connectivity index (χ3n) is 5.15. The lowest BCUT2D eigenvalue weighted by Gasteiger charge is -2.12. The molecule has 9 heteroatoms. The van der Waals surface area contributed by atoms with E-state index in [-0.39, 0.29) is 0 Å². The van der Waals surface area contributed by atoms with Gasteiger partial charge in [-0.2, -0.15) is 5.10 Å². The van der Waals surface area contributed by atoms with E-state index in [1.165, 1.54) is 12.3 Å². The van der Waals surface area contributed by atoms with Crippen molar-refractivity contribution in [2.45, 2.75) is 13.0 Å². The van der Waals surface area contributed by atoms with Crippen LogP contribution in [0.2, 0.25) is 15.1 Å². The van der Waals surface area contributed by atoms with Gasteiger partial charge in [0.1, 0.15) is 18.8 Å². The van der Waals surface area contributed by atoms with Gasteiger partial charge >= 0.3 is 0 Å². The minimum atomic E-state index is -0.576. The maximum atomic E-state index is 12.3. The third-order valence-corrected chi connectivity index (χ3v) is 6.14. The molecule has 0 aliphatic heterocycles. The Balaban J connectivity index is 1.43. The zero-order valence-corrected chi connectivity index (χ0v) is 21.1. The highest BCUT2D eigenvalue weighted by Gasteiger charge is 2.11. The molecule has 0 unspecified atom stereocenters. The number of fused-ring (bicyclic) bond motifs is 1. The van der Waals surface area contributed by atoms with E-state index in [0.29, 0.717) is 38.7 Å². The van der Waals surface area contributed by atoms with Crippen molar-refractivity contribution in [1.82, 2.24) is 5.43 Å². The average molecular weight is 541 g/mol. The van der Waals surface area contributed by atoms with Gasteiger partial charge in [0.05, 0.1) is 16.3 Å². The summed E-state index contributed by atoms with van der Waals surface area (Å²) >= 11 is 17.8. The van der Waals surface area contributed by atoms with E-state index in [4.69, 9.17) is 39.5 Å². The molecule has 4 aromatic carbocycles. The van der Waals surface area contributed by atoms with Gasteiger partial charge in [0.2, 0.25) is 11.8 Å². The number of halogens is 3. The summed E-state index contributed by atoms with van der Waals surface area (Å²) in [6.07, 6.45) is 1.08. The summed E-state index contributed by atoms with van der Waals surface area (Å²) in [7, 11) is 0. The number of hydrogen-bond acceptors (Lipinski definition) is 4. The van der Waals surface area contributed by atoms with Gasteiger partial charge < -0.3 is 10.1 Å². The van der Waals surface area contributed by atoms with Gasteiger partial charge in [0, 0.05) is 16.3 Å². The van der Waals surface area contributed by atoms with Crippen molar-refractivity contribution in [1.29, 1.82) is 0 Å². The van der Waals surface area contributed by atoms with Gasteiger partial charge in [-0.25, -0.2) is 5.43 Å². The van der Waals surface area contributed by atoms with Crippen LogP contribution in [0.1, 0.15) is 17.5 Å². The number of amides is 2. The predicted octanol–water partition coefficient (Wildman–Crippen LogP) is 6.86. The Labute approximate surface area is 222 Å². The molecule has 0 bridgehead atoms. The molecule has 2 amide bonds. The predicted molar refractivity (Wildman–Crippen MR) is 145 cm³/mol. The fourth-order valence-electron chi connectivity index (χ4n) is 3.41. The molecule has 36 heavy (non-hydrogen) atoms. The molecule has 0 fully saturated rings. The normalized spacial score (nSPS) is 11.0. The number of anilines is 1. The SMILES string of the molecule is O=C(CC(=O)Nc1ccc(Cl)c(Cl)c1)NN=Cc1c(OCc2ccc(Cl)cc2)ccc2ccccc12. The van der Waals surface area contributed by atoms with Crippen LogP contribution in [0.5, 0.6) is 5.75 Å². The van der Waals surface area contributed by atoms with Crippen LogP contribution in [-0.2, 0) is 16.2 Å². The highest BCUT2D eigenvalue weighted by atomic mass is 35.5. The molecule has 4 aromatic rings. The smallest absolute Gasteiger partial charge is 0.249 e. The Hall–Kier alpha value is -3.58. The lowest BCUT2D eigenvalue weighted by molar-refractivity contribution is -0.126. The number of rotatable bonds is 8. The van der Waals surface area contributed by atoms with Crippen LogP contribution in [-0.4, -0.2) is 18.0 Å². The quantitative estimate of drug-likeness (QED) is 0.146. The molecule has 0 spiro atoms. The lowest BCUT2D eigenvalue weighted by atomic mass is 10.0. The molecular weight excluding hydrogens is 521 g/mol. The Bertz CT molecular complexity index is 1440. The van der Waals surface area contributed by atoms with Crippen molar-refractivity contribution in [3.8, 4) is 5.75 Å². The first kappa shape index (κ1) is 25.5. The zero-order chi connectivity index (χ0) is 25.5. The summed E-state index contributed by atoms with van der Waals surface area (Å²) in [4.78, 5) is 24.5. The van der Waals surface area contributed by atoms with E-state index in [1.54, 1.807) is 24.3 Å². The fraction of sp³-hybridized carbons (Fsp3) is 0.0741. The van der Waals surface area contributed by atoms with Crippen molar-refractivity contribution >= 4 is 69.3 Å². The van der Waals surface area contributed by atoms with Crippen LogP contribution >= 0.6 is 34.8 Å². The molecule has 6 nitrogen and oxygen atoms in total. The largest absolute Gasteiger partial charge is 0.488 e.